The quantitative estimate of drug-likeness (QED) is 0.623. The zero-order valence-electron chi connectivity index (χ0n) is 16.9. The summed E-state index contributed by atoms with van der Waals surface area (Å²) in [6.45, 7) is 6.27. The summed E-state index contributed by atoms with van der Waals surface area (Å²) in [5, 5.41) is 0. The van der Waals surface area contributed by atoms with Crippen LogP contribution in [0.5, 0.6) is 11.6 Å². The molecule has 9 heteroatoms. The van der Waals surface area contributed by atoms with E-state index in [1.165, 1.54) is 12.5 Å². The van der Waals surface area contributed by atoms with Crippen molar-refractivity contribution in [3.8, 4) is 11.6 Å². The van der Waals surface area contributed by atoms with E-state index < -0.39 is 10.0 Å². The number of benzene rings is 1. The molecule has 0 atom stereocenters. The predicted octanol–water partition coefficient (Wildman–Crippen LogP) is 2.53. The van der Waals surface area contributed by atoms with Gasteiger partial charge in [0.2, 0.25) is 15.9 Å². The number of sulfonamides is 1. The van der Waals surface area contributed by atoms with Crippen LogP contribution in [0.25, 0.3) is 0 Å². The molecule has 1 aromatic carbocycles. The summed E-state index contributed by atoms with van der Waals surface area (Å²) in [6.07, 6.45) is 3.56. The molecule has 1 fully saturated rings. The Morgan fingerprint density at radius 1 is 1.10 bits per heavy atom. The summed E-state index contributed by atoms with van der Waals surface area (Å²) < 4.78 is 38.8. The number of nitrogens with zero attached hydrogens (tertiary/aromatic N) is 3. The van der Waals surface area contributed by atoms with Gasteiger partial charge in [-0.25, -0.2) is 18.1 Å². The third kappa shape index (κ3) is 5.80. The smallest absolute Gasteiger partial charge is 0.244 e. The molecule has 1 aromatic heterocycles. The lowest BCUT2D eigenvalue weighted by atomic mass is 10.1. The Morgan fingerprint density at radius 2 is 1.86 bits per heavy atom. The molecule has 2 aromatic rings. The Hall–Kier alpha value is -2.39. The van der Waals surface area contributed by atoms with Crippen molar-refractivity contribution in [2.75, 3.05) is 37.7 Å². The van der Waals surface area contributed by atoms with Crippen molar-refractivity contribution in [3.05, 3.63) is 36.2 Å². The Morgan fingerprint density at radius 3 is 2.62 bits per heavy atom. The summed E-state index contributed by atoms with van der Waals surface area (Å²) in [7, 11) is -3.70. The molecule has 0 saturated carbocycles. The van der Waals surface area contributed by atoms with E-state index in [0.29, 0.717) is 24.1 Å². The SMILES string of the molecule is CCOc1ccccc1S(=O)(=O)NCCOc1cc(N2CCCCC2)nc(C)n1. The molecule has 8 nitrogen and oxygen atoms in total. The molecular weight excluding hydrogens is 392 g/mol. The monoisotopic (exact) mass is 420 g/mol. The molecule has 3 rings (SSSR count). The second-order valence-electron chi connectivity index (χ2n) is 6.79. The van der Waals surface area contributed by atoms with Gasteiger partial charge in [-0.3, -0.25) is 0 Å². The molecule has 0 amide bonds. The number of piperidine rings is 1. The van der Waals surface area contributed by atoms with Crippen molar-refractivity contribution in [1.82, 2.24) is 14.7 Å². The molecule has 0 unspecified atom stereocenters. The molecule has 1 N–H and O–H groups in total. The van der Waals surface area contributed by atoms with Crippen molar-refractivity contribution in [2.45, 2.75) is 38.0 Å². The van der Waals surface area contributed by atoms with Crippen LogP contribution in [0.15, 0.2) is 35.2 Å². The normalized spacial score (nSPS) is 14.6. The van der Waals surface area contributed by atoms with E-state index >= 15 is 0 Å². The lowest BCUT2D eigenvalue weighted by Gasteiger charge is -2.28. The van der Waals surface area contributed by atoms with E-state index in [0.717, 1.165) is 31.7 Å². The van der Waals surface area contributed by atoms with Crippen molar-refractivity contribution >= 4 is 15.8 Å². The maximum atomic E-state index is 12.6. The second kappa shape index (κ2) is 9.89. The zero-order chi connectivity index (χ0) is 20.7. The zero-order valence-corrected chi connectivity index (χ0v) is 17.7. The first-order valence-electron chi connectivity index (χ1n) is 9.94. The number of para-hydroxylation sites is 1. The van der Waals surface area contributed by atoms with Crippen LogP contribution in [0.1, 0.15) is 32.0 Å². The molecule has 0 radical (unpaired) electrons. The number of aromatic nitrogens is 2. The van der Waals surface area contributed by atoms with Crippen LogP contribution in [-0.4, -0.2) is 51.2 Å². The summed E-state index contributed by atoms with van der Waals surface area (Å²) in [5.74, 6) is 2.28. The highest BCUT2D eigenvalue weighted by molar-refractivity contribution is 7.89. The number of hydrogen-bond acceptors (Lipinski definition) is 7. The highest BCUT2D eigenvalue weighted by Crippen LogP contribution is 2.23. The van der Waals surface area contributed by atoms with Crippen molar-refractivity contribution in [3.63, 3.8) is 0 Å². The Bertz CT molecular complexity index is 914. The fourth-order valence-electron chi connectivity index (χ4n) is 3.24. The average molecular weight is 421 g/mol. The summed E-state index contributed by atoms with van der Waals surface area (Å²) >= 11 is 0. The van der Waals surface area contributed by atoms with Crippen molar-refractivity contribution in [1.29, 1.82) is 0 Å². The number of ether oxygens (including phenoxy) is 2. The van der Waals surface area contributed by atoms with Gasteiger partial charge in [0.15, 0.2) is 0 Å². The molecule has 2 heterocycles. The van der Waals surface area contributed by atoms with E-state index in [-0.39, 0.29) is 18.0 Å². The molecule has 0 spiro atoms. The minimum Gasteiger partial charge on any atom is -0.492 e. The van der Waals surface area contributed by atoms with Crippen LogP contribution in [0.2, 0.25) is 0 Å². The van der Waals surface area contributed by atoms with Crippen LogP contribution in [-0.2, 0) is 10.0 Å². The molecule has 1 aliphatic heterocycles. The summed E-state index contributed by atoms with van der Waals surface area (Å²) in [5.41, 5.74) is 0. The molecule has 29 heavy (non-hydrogen) atoms. The van der Waals surface area contributed by atoms with Gasteiger partial charge in [-0.1, -0.05) is 12.1 Å². The van der Waals surface area contributed by atoms with E-state index in [1.807, 2.05) is 19.9 Å². The first-order chi connectivity index (χ1) is 14.0. The van der Waals surface area contributed by atoms with Crippen LogP contribution in [0.4, 0.5) is 5.82 Å². The van der Waals surface area contributed by atoms with Gasteiger partial charge >= 0.3 is 0 Å². The van der Waals surface area contributed by atoms with Gasteiger partial charge in [-0.2, -0.15) is 4.98 Å². The molecule has 0 aliphatic carbocycles. The fraction of sp³-hybridized carbons (Fsp3) is 0.500. The Balaban J connectivity index is 1.58. The van der Waals surface area contributed by atoms with Crippen LogP contribution < -0.4 is 19.1 Å². The van der Waals surface area contributed by atoms with Gasteiger partial charge < -0.3 is 14.4 Å². The molecule has 1 saturated heterocycles. The number of nitrogens with one attached hydrogen (secondary N) is 1. The van der Waals surface area contributed by atoms with E-state index in [4.69, 9.17) is 9.47 Å². The molecule has 158 valence electrons. The second-order valence-corrected chi connectivity index (χ2v) is 8.52. The van der Waals surface area contributed by atoms with Crippen LogP contribution in [0, 0.1) is 6.92 Å². The number of rotatable bonds is 9. The number of hydrogen-bond donors (Lipinski definition) is 1. The average Bonchev–Trinajstić information content (AvgIpc) is 2.72. The fourth-order valence-corrected chi connectivity index (χ4v) is 4.40. The molecule has 0 bridgehead atoms. The highest BCUT2D eigenvalue weighted by atomic mass is 32.2. The van der Waals surface area contributed by atoms with Crippen LogP contribution >= 0.6 is 0 Å². The van der Waals surface area contributed by atoms with Crippen molar-refractivity contribution in [2.24, 2.45) is 0 Å². The first-order valence-corrected chi connectivity index (χ1v) is 11.4. The topological polar surface area (TPSA) is 93.7 Å². The Labute approximate surface area is 172 Å². The van der Waals surface area contributed by atoms with Gasteiger partial charge in [-0.15, -0.1) is 0 Å². The maximum Gasteiger partial charge on any atom is 0.244 e. The standard InChI is InChI=1S/C20H28N4O4S/c1-3-27-17-9-5-6-10-18(17)29(25,26)21-11-14-28-20-15-19(22-16(2)23-20)24-12-7-4-8-13-24/h5-6,9-10,15,21H,3-4,7-8,11-14H2,1-2H3. The van der Waals surface area contributed by atoms with E-state index in [9.17, 15) is 8.42 Å². The largest absolute Gasteiger partial charge is 0.492 e. The summed E-state index contributed by atoms with van der Waals surface area (Å²) in [6, 6.07) is 8.38. The van der Waals surface area contributed by atoms with Crippen LogP contribution in [0.3, 0.4) is 0 Å². The lowest BCUT2D eigenvalue weighted by Crippen LogP contribution is -2.30. The van der Waals surface area contributed by atoms with Gasteiger partial charge in [0, 0.05) is 25.7 Å². The predicted molar refractivity (Wildman–Crippen MR) is 111 cm³/mol. The van der Waals surface area contributed by atoms with Gasteiger partial charge in [0.05, 0.1) is 6.61 Å². The van der Waals surface area contributed by atoms with Gasteiger partial charge in [-0.05, 0) is 45.2 Å². The summed E-state index contributed by atoms with van der Waals surface area (Å²) in [4.78, 5) is 11.2. The lowest BCUT2D eigenvalue weighted by molar-refractivity contribution is 0.308. The van der Waals surface area contributed by atoms with Gasteiger partial charge in [0.25, 0.3) is 0 Å². The maximum absolute atomic E-state index is 12.6. The third-order valence-corrected chi connectivity index (χ3v) is 6.06. The number of anilines is 1. The minimum absolute atomic E-state index is 0.116. The number of aryl methyl sites for hydroxylation is 1. The molecular formula is C20H28N4O4S. The van der Waals surface area contributed by atoms with E-state index in [2.05, 4.69) is 19.6 Å². The molecule has 1 aliphatic rings. The van der Waals surface area contributed by atoms with Gasteiger partial charge in [0.1, 0.15) is 28.9 Å². The first kappa shape index (κ1) is 21.3. The highest BCUT2D eigenvalue weighted by Gasteiger charge is 2.19. The minimum atomic E-state index is -3.70. The van der Waals surface area contributed by atoms with Crippen molar-refractivity contribution < 1.29 is 17.9 Å². The Kier molecular flexibility index (Phi) is 7.27. The third-order valence-electron chi connectivity index (χ3n) is 4.56. The van der Waals surface area contributed by atoms with E-state index in [1.54, 1.807) is 18.2 Å².